The Balaban J connectivity index is 2.75. The molecule has 0 aliphatic heterocycles. The Morgan fingerprint density at radius 3 is 2.40 bits per heavy atom. The molecule has 1 nitrogen and oxygen atoms in total. The van der Waals surface area contributed by atoms with Crippen molar-refractivity contribution >= 4 is 18.4 Å². The maximum absolute atomic E-state index is 11.1. The third kappa shape index (κ3) is 1.63. The number of hydrogen-bond acceptors (Lipinski definition) is 2. The second kappa shape index (κ2) is 3.24. The zero-order chi connectivity index (χ0) is 7.56. The van der Waals surface area contributed by atoms with E-state index in [-0.39, 0.29) is 0 Å². The summed E-state index contributed by atoms with van der Waals surface area (Å²) in [6.45, 7) is 1.89. The van der Waals surface area contributed by atoms with Crippen molar-refractivity contribution in [1.29, 1.82) is 0 Å². The minimum atomic E-state index is 0.304. The van der Waals surface area contributed by atoms with Crippen LogP contribution in [0.5, 0.6) is 0 Å². The van der Waals surface area contributed by atoms with Crippen molar-refractivity contribution in [2.75, 3.05) is 0 Å². The first kappa shape index (κ1) is 7.86. The number of thiol groups is 1. The minimum absolute atomic E-state index is 0.304. The van der Waals surface area contributed by atoms with Gasteiger partial charge in [0.25, 0.3) is 0 Å². The molecule has 0 aromatic rings. The fourth-order valence-corrected chi connectivity index (χ4v) is 1.50. The van der Waals surface area contributed by atoms with Crippen LogP contribution in [0.1, 0.15) is 32.6 Å². The lowest BCUT2D eigenvalue weighted by Crippen LogP contribution is -2.08. The predicted octanol–water partition coefficient (Wildman–Crippen LogP) is 2.33. The van der Waals surface area contributed by atoms with Gasteiger partial charge in [-0.1, -0.05) is 0 Å². The Morgan fingerprint density at radius 2 is 2.00 bits per heavy atom. The average Bonchev–Trinajstić information content (AvgIpc) is 1.88. The molecule has 1 aliphatic carbocycles. The number of rotatable bonds is 0. The normalized spacial score (nSPS) is 24.8. The molecule has 1 saturated carbocycles. The predicted molar refractivity (Wildman–Crippen MR) is 45.2 cm³/mol. The highest BCUT2D eigenvalue weighted by Crippen LogP contribution is 2.23. The molecule has 0 unspecified atom stereocenters. The zero-order valence-electron chi connectivity index (χ0n) is 6.18. The SMILES string of the molecule is C/C(S)=C1\CCCCC1=O. The number of hydrogen-bond donors (Lipinski definition) is 1. The van der Waals surface area contributed by atoms with Gasteiger partial charge in [-0.15, -0.1) is 12.6 Å². The Morgan fingerprint density at radius 1 is 1.40 bits per heavy atom. The molecule has 1 rings (SSSR count). The molecule has 0 atom stereocenters. The van der Waals surface area contributed by atoms with E-state index in [1.807, 2.05) is 6.92 Å². The lowest BCUT2D eigenvalue weighted by Gasteiger charge is -2.13. The summed E-state index contributed by atoms with van der Waals surface area (Å²) in [4.78, 5) is 12.0. The molecule has 0 aromatic carbocycles. The lowest BCUT2D eigenvalue weighted by molar-refractivity contribution is -0.116. The molecule has 56 valence electrons. The quantitative estimate of drug-likeness (QED) is 0.421. The second-order valence-electron chi connectivity index (χ2n) is 2.69. The first-order chi connectivity index (χ1) is 4.72. The Labute approximate surface area is 66.9 Å². The highest BCUT2D eigenvalue weighted by Gasteiger charge is 2.15. The van der Waals surface area contributed by atoms with Gasteiger partial charge < -0.3 is 0 Å². The van der Waals surface area contributed by atoms with E-state index in [9.17, 15) is 4.79 Å². The van der Waals surface area contributed by atoms with Gasteiger partial charge >= 0.3 is 0 Å². The number of carbonyl (C=O) groups excluding carboxylic acids is 1. The Hall–Kier alpha value is -0.240. The van der Waals surface area contributed by atoms with Crippen molar-refractivity contribution in [1.82, 2.24) is 0 Å². The van der Waals surface area contributed by atoms with Gasteiger partial charge in [-0.05, 0) is 31.1 Å². The second-order valence-corrected chi connectivity index (χ2v) is 3.37. The van der Waals surface area contributed by atoms with E-state index < -0.39 is 0 Å². The molecule has 0 amide bonds. The summed E-state index contributed by atoms with van der Waals surface area (Å²) in [6.07, 6.45) is 3.88. The third-order valence-electron chi connectivity index (χ3n) is 1.85. The molecule has 0 radical (unpaired) electrons. The summed E-state index contributed by atoms with van der Waals surface area (Å²) < 4.78 is 0. The van der Waals surface area contributed by atoms with Crippen LogP contribution in [0.15, 0.2) is 10.5 Å². The van der Waals surface area contributed by atoms with Gasteiger partial charge in [-0.2, -0.15) is 0 Å². The summed E-state index contributed by atoms with van der Waals surface area (Å²) in [5, 5.41) is 0. The van der Waals surface area contributed by atoms with Gasteiger partial charge in [-0.3, -0.25) is 4.79 Å². The molecular weight excluding hydrogens is 144 g/mol. The van der Waals surface area contributed by atoms with Crippen molar-refractivity contribution < 1.29 is 4.79 Å². The molecule has 1 fully saturated rings. The molecular formula is C8H12OS. The Kier molecular flexibility index (Phi) is 2.55. The molecule has 0 aromatic heterocycles. The van der Waals surface area contributed by atoms with Gasteiger partial charge in [0.15, 0.2) is 5.78 Å². The fourth-order valence-electron chi connectivity index (χ4n) is 1.26. The maximum Gasteiger partial charge on any atom is 0.159 e. The van der Waals surface area contributed by atoms with Crippen molar-refractivity contribution in [3.63, 3.8) is 0 Å². The molecule has 0 heterocycles. The number of ketones is 1. The fraction of sp³-hybridized carbons (Fsp3) is 0.625. The Bertz CT molecular complexity index is 178. The minimum Gasteiger partial charge on any atom is -0.295 e. The van der Waals surface area contributed by atoms with E-state index in [1.165, 1.54) is 0 Å². The van der Waals surface area contributed by atoms with Crippen molar-refractivity contribution in [2.24, 2.45) is 0 Å². The monoisotopic (exact) mass is 156 g/mol. The van der Waals surface area contributed by atoms with Gasteiger partial charge in [0, 0.05) is 12.0 Å². The van der Waals surface area contributed by atoms with Crippen LogP contribution in [0.3, 0.4) is 0 Å². The first-order valence-electron chi connectivity index (χ1n) is 3.63. The standard InChI is InChI=1S/C8H12OS/c1-6(10)7-4-2-3-5-8(7)9/h10H,2-5H2,1H3/b7-6-. The van der Waals surface area contributed by atoms with Crippen LogP contribution in [0, 0.1) is 0 Å². The van der Waals surface area contributed by atoms with Crippen LogP contribution in [0.2, 0.25) is 0 Å². The molecule has 0 N–H and O–H groups in total. The van der Waals surface area contributed by atoms with Crippen LogP contribution in [0.25, 0.3) is 0 Å². The van der Waals surface area contributed by atoms with E-state index in [0.717, 1.165) is 36.2 Å². The largest absolute Gasteiger partial charge is 0.295 e. The molecule has 2 heteroatoms. The molecule has 1 aliphatic rings. The molecule has 0 saturated heterocycles. The molecule has 0 spiro atoms. The lowest BCUT2D eigenvalue weighted by atomic mass is 9.93. The zero-order valence-corrected chi connectivity index (χ0v) is 7.08. The summed E-state index contributed by atoms with van der Waals surface area (Å²) in [5.41, 5.74) is 0.953. The first-order valence-corrected chi connectivity index (χ1v) is 4.08. The van der Waals surface area contributed by atoms with Crippen LogP contribution in [0.4, 0.5) is 0 Å². The van der Waals surface area contributed by atoms with E-state index in [0.29, 0.717) is 5.78 Å². The van der Waals surface area contributed by atoms with Gasteiger partial charge in [-0.25, -0.2) is 0 Å². The van der Waals surface area contributed by atoms with Crippen LogP contribution < -0.4 is 0 Å². The average molecular weight is 156 g/mol. The summed E-state index contributed by atoms with van der Waals surface area (Å²) in [6, 6.07) is 0. The third-order valence-corrected chi connectivity index (χ3v) is 2.12. The number of allylic oxidation sites excluding steroid dienone is 2. The van der Waals surface area contributed by atoms with E-state index in [4.69, 9.17) is 0 Å². The smallest absolute Gasteiger partial charge is 0.159 e. The summed E-state index contributed by atoms with van der Waals surface area (Å²) >= 11 is 4.16. The molecule has 10 heavy (non-hydrogen) atoms. The summed E-state index contributed by atoms with van der Waals surface area (Å²) in [7, 11) is 0. The van der Waals surface area contributed by atoms with Gasteiger partial charge in [0.1, 0.15) is 0 Å². The highest BCUT2D eigenvalue weighted by atomic mass is 32.1. The van der Waals surface area contributed by atoms with Crippen molar-refractivity contribution in [2.45, 2.75) is 32.6 Å². The maximum atomic E-state index is 11.1. The van der Waals surface area contributed by atoms with E-state index in [1.54, 1.807) is 0 Å². The topological polar surface area (TPSA) is 17.1 Å². The number of carbonyl (C=O) groups is 1. The molecule has 0 bridgehead atoms. The van der Waals surface area contributed by atoms with E-state index >= 15 is 0 Å². The van der Waals surface area contributed by atoms with Gasteiger partial charge in [0.2, 0.25) is 0 Å². The van der Waals surface area contributed by atoms with Gasteiger partial charge in [0.05, 0.1) is 0 Å². The van der Waals surface area contributed by atoms with Crippen molar-refractivity contribution in [3.05, 3.63) is 10.5 Å². The summed E-state index contributed by atoms with van der Waals surface area (Å²) in [5.74, 6) is 0.304. The highest BCUT2D eigenvalue weighted by molar-refractivity contribution is 7.84. The van der Waals surface area contributed by atoms with E-state index in [2.05, 4.69) is 12.6 Å². The van der Waals surface area contributed by atoms with Crippen molar-refractivity contribution in [3.8, 4) is 0 Å². The van der Waals surface area contributed by atoms with Crippen LogP contribution in [-0.2, 0) is 4.79 Å². The van der Waals surface area contributed by atoms with Crippen LogP contribution in [-0.4, -0.2) is 5.78 Å². The number of Topliss-reactive ketones (excluding diaryl/α,β-unsaturated/α-hetero) is 1. The van der Waals surface area contributed by atoms with Crippen LogP contribution >= 0.6 is 12.6 Å².